The quantitative estimate of drug-likeness (QED) is 0.113. The maximum Gasteiger partial charge on any atom is 0.193 e. The van der Waals surface area contributed by atoms with Crippen LogP contribution < -0.4 is 0 Å². The maximum atomic E-state index is 9.68. The molecule has 0 fully saturated rings. The number of aromatic nitrogens is 1. The van der Waals surface area contributed by atoms with Crippen molar-refractivity contribution in [3.8, 4) is 11.8 Å². The van der Waals surface area contributed by atoms with Crippen LogP contribution >= 0.6 is 11.8 Å². The van der Waals surface area contributed by atoms with Gasteiger partial charge in [0.05, 0.1) is 0 Å². The lowest BCUT2D eigenvalue weighted by Gasteiger charge is -2.17. The second-order valence-electron chi connectivity index (χ2n) is 11.0. The number of hydrogen-bond acceptors (Lipinski definition) is 3. The molecule has 36 heavy (non-hydrogen) atoms. The molecular weight excluding hydrogens is 462 g/mol. The minimum Gasteiger partial charge on any atom is -0.494 e. The molecule has 0 amide bonds. The molecule has 0 bridgehead atoms. The van der Waals surface area contributed by atoms with E-state index in [1.165, 1.54) is 147 Å². The highest BCUT2D eigenvalue weighted by Gasteiger charge is 2.09. The van der Waals surface area contributed by atoms with Crippen LogP contribution in [0, 0.1) is 0 Å². The summed E-state index contributed by atoms with van der Waals surface area (Å²) in [6.07, 6.45) is 31.7. The zero-order valence-electron chi connectivity index (χ0n) is 24.2. The van der Waals surface area contributed by atoms with Crippen LogP contribution in [0.2, 0.25) is 0 Å². The molecule has 0 saturated heterocycles. The number of unbranched alkanes of at least 4 members (excludes halogenated alkanes) is 18. The molecule has 4 heteroatoms. The summed E-state index contributed by atoms with van der Waals surface area (Å²) in [4.78, 5) is 0. The summed E-state index contributed by atoms with van der Waals surface area (Å²) in [5, 5.41) is 20.3. The van der Waals surface area contributed by atoms with Gasteiger partial charge in [0, 0.05) is 23.9 Å². The van der Waals surface area contributed by atoms with Crippen molar-refractivity contribution in [1.29, 1.82) is 0 Å². The Morgan fingerprint density at radius 3 is 1.42 bits per heavy atom. The van der Waals surface area contributed by atoms with E-state index >= 15 is 0 Å². The molecule has 1 rings (SSSR count). The highest BCUT2D eigenvalue weighted by atomic mass is 32.2. The highest BCUT2D eigenvalue weighted by molar-refractivity contribution is 7.99. The largest absolute Gasteiger partial charge is 0.494 e. The molecule has 0 aliphatic heterocycles. The number of thioether (sulfide) groups is 1. The molecule has 0 spiro atoms. The van der Waals surface area contributed by atoms with E-state index in [9.17, 15) is 10.2 Å². The first-order valence-electron chi connectivity index (χ1n) is 15.9. The predicted octanol–water partition coefficient (Wildman–Crippen LogP) is 11.0. The van der Waals surface area contributed by atoms with Crippen LogP contribution in [0.15, 0.2) is 12.1 Å². The molecule has 2 N–H and O–H groups in total. The zero-order chi connectivity index (χ0) is 26.1. The summed E-state index contributed by atoms with van der Waals surface area (Å²) in [5.74, 6) is 1.70. The summed E-state index contributed by atoms with van der Waals surface area (Å²) < 4.78 is 1.59. The monoisotopic (exact) mass is 523 g/mol. The number of rotatable bonds is 27. The van der Waals surface area contributed by atoms with E-state index in [4.69, 9.17) is 0 Å². The van der Waals surface area contributed by atoms with Crippen molar-refractivity contribution < 1.29 is 10.2 Å². The first-order chi connectivity index (χ1) is 17.7. The molecule has 3 nitrogen and oxygen atoms in total. The van der Waals surface area contributed by atoms with Gasteiger partial charge in [-0.3, -0.25) is 4.57 Å². The van der Waals surface area contributed by atoms with Gasteiger partial charge in [-0.2, -0.15) is 11.8 Å². The lowest BCUT2D eigenvalue weighted by atomic mass is 10.0. The van der Waals surface area contributed by atoms with E-state index in [0.29, 0.717) is 6.54 Å². The van der Waals surface area contributed by atoms with Crippen molar-refractivity contribution in [3.63, 3.8) is 0 Å². The Kier molecular flexibility index (Phi) is 22.7. The lowest BCUT2D eigenvalue weighted by Crippen LogP contribution is -2.04. The molecule has 0 saturated carbocycles. The molecule has 1 unspecified atom stereocenters. The Labute approximate surface area is 229 Å². The van der Waals surface area contributed by atoms with Crippen LogP contribution in [0.5, 0.6) is 11.8 Å². The van der Waals surface area contributed by atoms with Crippen molar-refractivity contribution in [1.82, 2.24) is 4.57 Å². The average molecular weight is 524 g/mol. The maximum absolute atomic E-state index is 9.68. The van der Waals surface area contributed by atoms with Crippen molar-refractivity contribution in [2.45, 2.75) is 173 Å². The van der Waals surface area contributed by atoms with E-state index in [2.05, 4.69) is 25.6 Å². The molecule has 0 aliphatic carbocycles. The molecule has 0 aromatic carbocycles. The molecule has 0 radical (unpaired) electrons. The second-order valence-corrected chi connectivity index (χ2v) is 12.4. The van der Waals surface area contributed by atoms with Crippen molar-refractivity contribution in [2.75, 3.05) is 5.75 Å². The normalized spacial score (nSPS) is 12.4. The van der Waals surface area contributed by atoms with Gasteiger partial charge < -0.3 is 10.2 Å². The summed E-state index contributed by atoms with van der Waals surface area (Å²) in [6, 6.07) is 3.11. The third-order valence-electron chi connectivity index (χ3n) is 7.57. The van der Waals surface area contributed by atoms with E-state index in [0.717, 1.165) is 11.7 Å². The topological polar surface area (TPSA) is 45.4 Å². The first-order valence-corrected chi connectivity index (χ1v) is 16.9. The number of hydrogen-bond donors (Lipinski definition) is 2. The molecule has 1 atom stereocenters. The van der Waals surface area contributed by atoms with Gasteiger partial charge in [-0.05, 0) is 31.4 Å². The van der Waals surface area contributed by atoms with Crippen LogP contribution in [-0.4, -0.2) is 25.8 Å². The number of aromatic hydroxyl groups is 2. The third kappa shape index (κ3) is 18.5. The highest BCUT2D eigenvalue weighted by Crippen LogP contribution is 2.26. The Balaban J connectivity index is 2.04. The van der Waals surface area contributed by atoms with E-state index < -0.39 is 0 Å². The van der Waals surface area contributed by atoms with Crippen LogP contribution in [0.4, 0.5) is 0 Å². The SMILES string of the molecule is CCCCCCCCCC(CCCCCCCC)SCCCCCCCCCCn1c(O)ccc1O. The molecule has 0 aliphatic rings. The predicted molar refractivity (Wildman–Crippen MR) is 162 cm³/mol. The molecule has 1 aromatic heterocycles. The Bertz CT molecular complexity index is 569. The van der Waals surface area contributed by atoms with Gasteiger partial charge in [-0.25, -0.2) is 0 Å². The first kappa shape index (κ1) is 33.3. The second kappa shape index (κ2) is 24.6. The number of nitrogens with zero attached hydrogens (tertiary/aromatic N) is 1. The van der Waals surface area contributed by atoms with Crippen LogP contribution in [0.3, 0.4) is 0 Å². The zero-order valence-corrected chi connectivity index (χ0v) is 25.0. The Morgan fingerprint density at radius 2 is 0.944 bits per heavy atom. The minimum atomic E-state index is 0.169. The fraction of sp³-hybridized carbons (Fsp3) is 0.875. The fourth-order valence-electron chi connectivity index (χ4n) is 5.15. The molecule has 212 valence electrons. The molecule has 1 heterocycles. The molecule has 1 aromatic rings. The van der Waals surface area contributed by atoms with Gasteiger partial charge in [0.2, 0.25) is 0 Å². The van der Waals surface area contributed by atoms with Gasteiger partial charge in [0.15, 0.2) is 11.8 Å². The van der Waals surface area contributed by atoms with Crippen LogP contribution in [0.1, 0.15) is 162 Å². The van der Waals surface area contributed by atoms with Crippen LogP contribution in [0.25, 0.3) is 0 Å². The van der Waals surface area contributed by atoms with Crippen molar-refractivity contribution in [3.05, 3.63) is 12.1 Å². The van der Waals surface area contributed by atoms with Crippen molar-refractivity contribution >= 4 is 11.8 Å². The fourth-order valence-corrected chi connectivity index (χ4v) is 6.52. The van der Waals surface area contributed by atoms with Gasteiger partial charge in [0.25, 0.3) is 0 Å². The van der Waals surface area contributed by atoms with Gasteiger partial charge >= 0.3 is 0 Å². The third-order valence-corrected chi connectivity index (χ3v) is 9.04. The standard InChI is InChI=1S/C32H61NO2S/c1-3-5-7-9-13-17-21-25-30(24-20-16-10-8-6-4-2)36-29-23-19-15-12-11-14-18-22-28-33-31(34)26-27-32(33)35/h26-27,30,34-35H,3-25,28-29H2,1-2H3. The summed E-state index contributed by atoms with van der Waals surface area (Å²) in [6.45, 7) is 5.32. The molecular formula is C32H61NO2S. The van der Waals surface area contributed by atoms with E-state index in [-0.39, 0.29) is 11.8 Å². The average Bonchev–Trinajstić information content (AvgIpc) is 3.20. The summed E-state index contributed by atoms with van der Waals surface area (Å²) in [5.41, 5.74) is 0. The van der Waals surface area contributed by atoms with Crippen LogP contribution in [-0.2, 0) is 6.54 Å². The lowest BCUT2D eigenvalue weighted by molar-refractivity contribution is 0.361. The van der Waals surface area contributed by atoms with E-state index in [1.54, 1.807) is 16.7 Å². The van der Waals surface area contributed by atoms with Gasteiger partial charge in [-0.1, -0.05) is 136 Å². The van der Waals surface area contributed by atoms with Crippen molar-refractivity contribution in [2.24, 2.45) is 0 Å². The Hall–Kier alpha value is -0.770. The Morgan fingerprint density at radius 1 is 0.556 bits per heavy atom. The van der Waals surface area contributed by atoms with Gasteiger partial charge in [-0.15, -0.1) is 0 Å². The van der Waals surface area contributed by atoms with Gasteiger partial charge in [0.1, 0.15) is 0 Å². The summed E-state index contributed by atoms with van der Waals surface area (Å²) in [7, 11) is 0. The summed E-state index contributed by atoms with van der Waals surface area (Å²) >= 11 is 2.29. The van der Waals surface area contributed by atoms with E-state index in [1.807, 2.05) is 0 Å². The smallest absolute Gasteiger partial charge is 0.193 e. The minimum absolute atomic E-state index is 0.169.